The van der Waals surface area contributed by atoms with E-state index in [-0.39, 0.29) is 32.3 Å². The number of aromatic amines is 2. The average molecular weight is 545 g/mol. The van der Waals surface area contributed by atoms with E-state index in [1.807, 2.05) is 12.1 Å². The molecule has 0 bridgehead atoms. The Morgan fingerprint density at radius 3 is 1.34 bits per heavy atom. The molecule has 6 rings (SSSR count). The second kappa shape index (κ2) is 10.4. The van der Waals surface area contributed by atoms with E-state index in [1.165, 1.54) is 24.3 Å². The maximum atomic E-state index is 13.3. The Hall–Kier alpha value is -4.54. The number of H-pyrrole nitrogens is 2. The molecule has 0 aliphatic carbocycles. The maximum Gasteiger partial charge on any atom is 0.259 e. The van der Waals surface area contributed by atoms with Crippen molar-refractivity contribution in [3.05, 3.63) is 139 Å². The first-order valence-corrected chi connectivity index (χ1v) is 12.2. The summed E-state index contributed by atoms with van der Waals surface area (Å²) in [5, 5.41) is 1.03. The molecule has 0 amide bonds. The number of rotatable bonds is 2. The molecule has 0 saturated heterocycles. The molecule has 2 N–H and O–H groups in total. The molecular formula is C28H18F2N4O2S2. The molecular weight excluding hydrogens is 526 g/mol. The molecule has 0 aliphatic heterocycles. The number of aromatic nitrogens is 4. The number of nitrogens with zero attached hydrogens (tertiary/aromatic N) is 2. The standard InChI is InChI=1S/2C14H9FN2OS/c2*15-9-4-3-5-10(8-9)17-12-7-2-1-6-11(12)13(18)16-14(17)19/h2*1-8H,(H,16,18,19). The molecule has 0 radical (unpaired) electrons. The first-order valence-electron chi connectivity index (χ1n) is 11.3. The summed E-state index contributed by atoms with van der Waals surface area (Å²) >= 11 is 10.4. The zero-order valence-electron chi connectivity index (χ0n) is 19.5. The molecule has 0 saturated carbocycles. The van der Waals surface area contributed by atoms with Crippen LogP contribution in [0.5, 0.6) is 0 Å². The van der Waals surface area contributed by atoms with Crippen LogP contribution in [-0.2, 0) is 0 Å². The number of fused-ring (bicyclic) bond motifs is 2. The Morgan fingerprint density at radius 1 is 0.553 bits per heavy atom. The summed E-state index contributed by atoms with van der Waals surface area (Å²) in [6, 6.07) is 26.3. The second-order valence-electron chi connectivity index (χ2n) is 8.18. The summed E-state index contributed by atoms with van der Waals surface area (Å²) in [6.45, 7) is 0. The third kappa shape index (κ3) is 4.86. The SMILES string of the molecule is O=c1[nH]c(=S)n(-c2cccc(F)c2)c2ccccc12.O=c1[nH]c(=S)n(-c2cccc(F)c2)c2ccccc12. The zero-order chi connectivity index (χ0) is 26.8. The first kappa shape index (κ1) is 25.1. The molecule has 4 aromatic carbocycles. The second-order valence-corrected chi connectivity index (χ2v) is 8.96. The third-order valence-corrected chi connectivity index (χ3v) is 6.33. The monoisotopic (exact) mass is 544 g/mol. The lowest BCUT2D eigenvalue weighted by atomic mass is 10.2. The highest BCUT2D eigenvalue weighted by Crippen LogP contribution is 2.18. The van der Waals surface area contributed by atoms with Crippen LogP contribution in [0.2, 0.25) is 0 Å². The first-order chi connectivity index (χ1) is 18.3. The fraction of sp³-hybridized carbons (Fsp3) is 0. The van der Waals surface area contributed by atoms with E-state index < -0.39 is 0 Å². The highest BCUT2D eigenvalue weighted by atomic mass is 32.1. The molecule has 6 aromatic rings. The summed E-state index contributed by atoms with van der Waals surface area (Å²) in [7, 11) is 0. The van der Waals surface area contributed by atoms with Crippen LogP contribution in [0.1, 0.15) is 0 Å². The van der Waals surface area contributed by atoms with Crippen molar-refractivity contribution in [1.29, 1.82) is 0 Å². The predicted molar refractivity (Wildman–Crippen MR) is 149 cm³/mol. The van der Waals surface area contributed by atoms with Crippen molar-refractivity contribution in [1.82, 2.24) is 19.1 Å². The van der Waals surface area contributed by atoms with Gasteiger partial charge < -0.3 is 0 Å². The summed E-state index contributed by atoms with van der Waals surface area (Å²) in [4.78, 5) is 28.9. The minimum atomic E-state index is -0.352. The van der Waals surface area contributed by atoms with Crippen LogP contribution >= 0.6 is 24.4 Å². The van der Waals surface area contributed by atoms with Crippen LogP contribution in [0.25, 0.3) is 33.2 Å². The van der Waals surface area contributed by atoms with Crippen molar-refractivity contribution in [3.8, 4) is 11.4 Å². The zero-order valence-corrected chi connectivity index (χ0v) is 21.2. The summed E-state index contributed by atoms with van der Waals surface area (Å²) < 4.78 is 30.5. The molecule has 0 aliphatic rings. The fourth-order valence-electron chi connectivity index (χ4n) is 4.12. The van der Waals surface area contributed by atoms with Crippen molar-refractivity contribution in [2.75, 3.05) is 0 Å². The van der Waals surface area contributed by atoms with Gasteiger partial charge in [0.15, 0.2) is 9.54 Å². The molecule has 0 atom stereocenters. The third-order valence-electron chi connectivity index (χ3n) is 5.76. The number of halogens is 2. The van der Waals surface area contributed by atoms with Gasteiger partial charge in [-0.3, -0.25) is 28.7 Å². The summed E-state index contributed by atoms with van der Waals surface area (Å²) in [6.07, 6.45) is 0. The van der Waals surface area contributed by atoms with Crippen molar-refractivity contribution < 1.29 is 8.78 Å². The van der Waals surface area contributed by atoms with Crippen molar-refractivity contribution in [2.24, 2.45) is 0 Å². The number of para-hydroxylation sites is 2. The fourth-order valence-corrected chi connectivity index (χ4v) is 4.72. The largest absolute Gasteiger partial charge is 0.298 e. The molecule has 10 heteroatoms. The lowest BCUT2D eigenvalue weighted by molar-refractivity contribution is 0.626. The molecule has 2 heterocycles. The van der Waals surface area contributed by atoms with Gasteiger partial charge in [0.25, 0.3) is 11.1 Å². The normalized spacial score (nSPS) is 10.8. The van der Waals surface area contributed by atoms with Crippen molar-refractivity contribution in [3.63, 3.8) is 0 Å². The van der Waals surface area contributed by atoms with E-state index >= 15 is 0 Å². The van der Waals surface area contributed by atoms with Gasteiger partial charge in [-0.2, -0.15) is 0 Å². The topological polar surface area (TPSA) is 75.6 Å². The number of benzene rings is 4. The Balaban J connectivity index is 0.000000155. The highest BCUT2D eigenvalue weighted by molar-refractivity contribution is 7.71. The quantitative estimate of drug-likeness (QED) is 0.248. The number of hydrogen-bond donors (Lipinski definition) is 2. The molecule has 0 fully saturated rings. The Kier molecular flexibility index (Phi) is 6.91. The van der Waals surface area contributed by atoms with Crippen LogP contribution in [0.3, 0.4) is 0 Å². The maximum absolute atomic E-state index is 13.3. The van der Waals surface area contributed by atoms with E-state index in [0.717, 1.165) is 0 Å². The minimum absolute atomic E-state index is 0.242. The van der Waals surface area contributed by atoms with Gasteiger partial charge >= 0.3 is 0 Å². The molecule has 0 spiro atoms. The van der Waals surface area contributed by atoms with Crippen molar-refractivity contribution >= 4 is 46.2 Å². The van der Waals surface area contributed by atoms with E-state index in [1.54, 1.807) is 69.8 Å². The lowest BCUT2D eigenvalue weighted by Crippen LogP contribution is -2.13. The van der Waals surface area contributed by atoms with E-state index in [2.05, 4.69) is 9.97 Å². The van der Waals surface area contributed by atoms with Crippen molar-refractivity contribution in [2.45, 2.75) is 0 Å². The molecule has 2 aromatic heterocycles. The average Bonchev–Trinajstić information content (AvgIpc) is 2.89. The molecule has 0 unspecified atom stereocenters. The highest BCUT2D eigenvalue weighted by Gasteiger charge is 2.08. The van der Waals surface area contributed by atoms with Gasteiger partial charge in [-0.1, -0.05) is 36.4 Å². The molecule has 6 nitrogen and oxygen atoms in total. The van der Waals surface area contributed by atoms with Gasteiger partial charge in [0.1, 0.15) is 11.6 Å². The van der Waals surface area contributed by atoms with Gasteiger partial charge in [-0.15, -0.1) is 0 Å². The van der Waals surface area contributed by atoms with Crippen LogP contribution in [0.15, 0.2) is 107 Å². The smallest absolute Gasteiger partial charge is 0.259 e. The summed E-state index contributed by atoms with van der Waals surface area (Å²) in [5.74, 6) is -0.704. The summed E-state index contributed by atoms with van der Waals surface area (Å²) in [5.41, 5.74) is 1.99. The minimum Gasteiger partial charge on any atom is -0.298 e. The van der Waals surface area contributed by atoms with Gasteiger partial charge in [0, 0.05) is 0 Å². The van der Waals surface area contributed by atoms with Crippen LogP contribution in [-0.4, -0.2) is 19.1 Å². The van der Waals surface area contributed by atoms with Crippen LogP contribution in [0, 0.1) is 21.2 Å². The Bertz CT molecular complexity index is 1910. The van der Waals surface area contributed by atoms with Gasteiger partial charge in [-0.25, -0.2) is 8.78 Å². The Labute approximate surface area is 224 Å². The number of hydrogen-bond acceptors (Lipinski definition) is 4. The van der Waals surface area contributed by atoms with Crippen LogP contribution in [0.4, 0.5) is 8.78 Å². The van der Waals surface area contributed by atoms with E-state index in [4.69, 9.17) is 24.4 Å². The Morgan fingerprint density at radius 2 is 0.947 bits per heavy atom. The molecule has 188 valence electrons. The lowest BCUT2D eigenvalue weighted by Gasteiger charge is -2.10. The van der Waals surface area contributed by atoms with E-state index in [0.29, 0.717) is 33.2 Å². The van der Waals surface area contributed by atoms with Gasteiger partial charge in [0.05, 0.1) is 33.2 Å². The van der Waals surface area contributed by atoms with Crippen LogP contribution < -0.4 is 11.1 Å². The van der Waals surface area contributed by atoms with Gasteiger partial charge in [-0.05, 0) is 85.1 Å². The van der Waals surface area contributed by atoms with E-state index in [9.17, 15) is 18.4 Å². The molecule has 38 heavy (non-hydrogen) atoms. The number of nitrogens with one attached hydrogen (secondary N) is 2. The van der Waals surface area contributed by atoms with Gasteiger partial charge in [0.2, 0.25) is 0 Å². The predicted octanol–water partition coefficient (Wildman–Crippen LogP) is 6.37.